The van der Waals surface area contributed by atoms with Crippen molar-refractivity contribution in [3.8, 4) is 0 Å². The molecule has 1 aromatic heterocycles. The van der Waals surface area contributed by atoms with Crippen molar-refractivity contribution in [1.29, 1.82) is 0 Å². The number of hydrogen-bond acceptors (Lipinski definition) is 3. The molecule has 2 bridgehead atoms. The van der Waals surface area contributed by atoms with Crippen LogP contribution in [0.4, 0.5) is 0 Å². The van der Waals surface area contributed by atoms with Gasteiger partial charge in [-0.1, -0.05) is 36.6 Å². The van der Waals surface area contributed by atoms with E-state index in [1.807, 2.05) is 12.1 Å². The lowest BCUT2D eigenvalue weighted by molar-refractivity contribution is -0.0685. The van der Waals surface area contributed by atoms with Crippen molar-refractivity contribution in [2.75, 3.05) is 20.1 Å². The predicted molar refractivity (Wildman–Crippen MR) is 120 cm³/mol. The van der Waals surface area contributed by atoms with Crippen LogP contribution in [0.3, 0.4) is 0 Å². The fourth-order valence-corrected chi connectivity index (χ4v) is 5.85. The molecule has 2 N–H and O–H groups in total. The zero-order valence-electron chi connectivity index (χ0n) is 18.4. The van der Waals surface area contributed by atoms with Gasteiger partial charge in [-0.05, 0) is 77.1 Å². The molecule has 0 unspecified atom stereocenters. The first-order chi connectivity index (χ1) is 14.0. The summed E-state index contributed by atoms with van der Waals surface area (Å²) in [7, 11) is 2.19. The number of aromatic amines is 1. The molecule has 0 spiro atoms. The second-order valence-electron chi connectivity index (χ2n) is 9.45. The van der Waals surface area contributed by atoms with Gasteiger partial charge < -0.3 is 15.0 Å². The minimum atomic E-state index is -0.489. The summed E-state index contributed by atoms with van der Waals surface area (Å²) in [5.41, 5.74) is 4.88. The van der Waals surface area contributed by atoms with Gasteiger partial charge >= 0.3 is 0 Å². The van der Waals surface area contributed by atoms with Gasteiger partial charge in [0.15, 0.2) is 0 Å². The molecule has 1 aromatic carbocycles. The number of benzene rings is 1. The predicted octanol–water partition coefficient (Wildman–Crippen LogP) is 5.10. The van der Waals surface area contributed by atoms with E-state index < -0.39 is 5.60 Å². The van der Waals surface area contributed by atoms with Crippen molar-refractivity contribution in [3.63, 3.8) is 0 Å². The summed E-state index contributed by atoms with van der Waals surface area (Å²) in [6.07, 6.45) is 8.84. The fraction of sp³-hybridized carbons (Fsp3) is 0.640. The molecule has 29 heavy (non-hydrogen) atoms. The third-order valence-electron chi connectivity index (χ3n) is 7.41. The number of rotatable bonds is 9. The number of imidazole rings is 1. The number of fused-ring (bicyclic) bond motifs is 3. The van der Waals surface area contributed by atoms with Crippen molar-refractivity contribution >= 4 is 11.0 Å². The lowest BCUT2D eigenvalue weighted by atomic mass is 9.58. The molecule has 0 amide bonds. The van der Waals surface area contributed by atoms with Crippen LogP contribution in [0.15, 0.2) is 35.4 Å². The monoisotopic (exact) mass is 395 g/mol. The van der Waals surface area contributed by atoms with E-state index in [2.05, 4.69) is 47.9 Å². The molecule has 1 heterocycles. The van der Waals surface area contributed by atoms with Crippen LogP contribution in [0.2, 0.25) is 0 Å². The van der Waals surface area contributed by atoms with Gasteiger partial charge in [-0.2, -0.15) is 0 Å². The molecule has 3 atom stereocenters. The maximum atomic E-state index is 11.5. The maximum absolute atomic E-state index is 11.5. The van der Waals surface area contributed by atoms with Gasteiger partial charge in [-0.3, -0.25) is 0 Å². The van der Waals surface area contributed by atoms with Crippen LogP contribution >= 0.6 is 0 Å². The molecule has 1 fully saturated rings. The average molecular weight is 396 g/mol. The van der Waals surface area contributed by atoms with E-state index in [1.165, 1.54) is 31.3 Å². The zero-order chi connectivity index (χ0) is 20.4. The van der Waals surface area contributed by atoms with Crippen molar-refractivity contribution in [1.82, 2.24) is 14.9 Å². The van der Waals surface area contributed by atoms with Crippen molar-refractivity contribution in [2.45, 2.75) is 70.8 Å². The average Bonchev–Trinajstić information content (AvgIpc) is 3.12. The molecular formula is C25H37N3O. The summed E-state index contributed by atoms with van der Waals surface area (Å²) in [5, 5.41) is 11.5. The van der Waals surface area contributed by atoms with Crippen LogP contribution in [0.25, 0.3) is 11.0 Å². The number of aliphatic hydroxyl groups is 1. The molecule has 5 rings (SSSR count). The van der Waals surface area contributed by atoms with Crippen LogP contribution < -0.4 is 0 Å². The van der Waals surface area contributed by atoms with Crippen molar-refractivity contribution < 1.29 is 5.11 Å². The van der Waals surface area contributed by atoms with Gasteiger partial charge in [0.25, 0.3) is 0 Å². The largest absolute Gasteiger partial charge is 0.389 e. The number of hydrogen-bond donors (Lipinski definition) is 2. The van der Waals surface area contributed by atoms with Gasteiger partial charge in [-0.25, -0.2) is 4.98 Å². The van der Waals surface area contributed by atoms with Gasteiger partial charge in [0.05, 0.1) is 16.6 Å². The first-order valence-corrected chi connectivity index (χ1v) is 11.5. The molecule has 4 nitrogen and oxygen atoms in total. The fourth-order valence-electron chi connectivity index (χ4n) is 5.85. The number of H-pyrrole nitrogens is 1. The summed E-state index contributed by atoms with van der Waals surface area (Å²) < 4.78 is 0. The van der Waals surface area contributed by atoms with Crippen LogP contribution in [0.1, 0.15) is 64.6 Å². The Morgan fingerprint density at radius 1 is 1.21 bits per heavy atom. The summed E-state index contributed by atoms with van der Waals surface area (Å²) in [5.74, 6) is 2.09. The third-order valence-corrected chi connectivity index (χ3v) is 7.41. The van der Waals surface area contributed by atoms with Crippen LogP contribution in [0.5, 0.6) is 0 Å². The minimum Gasteiger partial charge on any atom is -0.389 e. The molecule has 3 aliphatic rings. The number of nitrogens with zero attached hydrogens (tertiary/aromatic N) is 2. The van der Waals surface area contributed by atoms with Gasteiger partial charge in [0, 0.05) is 18.9 Å². The van der Waals surface area contributed by atoms with E-state index in [0.717, 1.165) is 55.6 Å². The van der Waals surface area contributed by atoms with E-state index in [4.69, 9.17) is 0 Å². The van der Waals surface area contributed by atoms with E-state index in [9.17, 15) is 5.11 Å². The van der Waals surface area contributed by atoms with Gasteiger partial charge in [0.1, 0.15) is 5.82 Å². The molecule has 0 radical (unpaired) electrons. The Bertz CT molecular complexity index is 837. The molecule has 0 saturated heterocycles. The Morgan fingerprint density at radius 2 is 2.03 bits per heavy atom. The highest BCUT2D eigenvalue weighted by Gasteiger charge is 2.48. The Hall–Kier alpha value is -1.65. The Morgan fingerprint density at radius 3 is 2.79 bits per heavy atom. The molecular weight excluding hydrogens is 358 g/mol. The topological polar surface area (TPSA) is 52.1 Å². The SMILES string of the molecule is CCCC1=C(C)[C@H]2CC[C@H]1C[C@@]2(O)CCN(C)CCCc1nc2ccccc2[nH]1. The Labute approximate surface area is 175 Å². The summed E-state index contributed by atoms with van der Waals surface area (Å²) in [4.78, 5) is 10.5. The van der Waals surface area contributed by atoms with Crippen molar-refractivity contribution in [2.24, 2.45) is 11.8 Å². The van der Waals surface area contributed by atoms with Gasteiger partial charge in [-0.15, -0.1) is 0 Å². The number of allylic oxidation sites excluding steroid dienone is 1. The Balaban J connectivity index is 1.27. The summed E-state index contributed by atoms with van der Waals surface area (Å²) in [6, 6.07) is 8.22. The summed E-state index contributed by atoms with van der Waals surface area (Å²) >= 11 is 0. The van der Waals surface area contributed by atoms with Crippen molar-refractivity contribution in [3.05, 3.63) is 41.2 Å². The highest BCUT2D eigenvalue weighted by atomic mass is 16.3. The highest BCUT2D eigenvalue weighted by Crippen LogP contribution is 2.52. The lowest BCUT2D eigenvalue weighted by Crippen LogP contribution is -2.50. The molecule has 4 heteroatoms. The third kappa shape index (κ3) is 4.29. The zero-order valence-corrected chi connectivity index (χ0v) is 18.4. The second-order valence-corrected chi connectivity index (χ2v) is 9.45. The first-order valence-electron chi connectivity index (χ1n) is 11.5. The van der Waals surface area contributed by atoms with Crippen LogP contribution in [-0.2, 0) is 6.42 Å². The molecule has 158 valence electrons. The quantitative estimate of drug-likeness (QED) is 0.581. The molecule has 0 aliphatic heterocycles. The Kier molecular flexibility index (Phi) is 6.12. The number of nitrogens with one attached hydrogen (secondary N) is 1. The number of aryl methyl sites for hydroxylation is 1. The van der Waals surface area contributed by atoms with E-state index in [-0.39, 0.29) is 0 Å². The molecule has 3 aliphatic carbocycles. The molecule has 1 saturated carbocycles. The van der Waals surface area contributed by atoms with E-state index >= 15 is 0 Å². The van der Waals surface area contributed by atoms with E-state index in [0.29, 0.717) is 11.8 Å². The van der Waals surface area contributed by atoms with E-state index in [1.54, 1.807) is 5.57 Å². The van der Waals surface area contributed by atoms with Crippen LogP contribution in [0, 0.1) is 11.8 Å². The number of aromatic nitrogens is 2. The van der Waals surface area contributed by atoms with Crippen LogP contribution in [-0.4, -0.2) is 45.7 Å². The number of para-hydroxylation sites is 2. The second kappa shape index (κ2) is 8.61. The molecule has 2 aromatic rings. The maximum Gasteiger partial charge on any atom is 0.107 e. The van der Waals surface area contributed by atoms with Gasteiger partial charge in [0.2, 0.25) is 0 Å². The lowest BCUT2D eigenvalue weighted by Gasteiger charge is -2.51. The minimum absolute atomic E-state index is 0.387. The first kappa shape index (κ1) is 20.6. The standard InChI is InChI=1S/C25H37N3O/c1-4-8-20-18(2)21-13-12-19(20)17-25(21,29)14-16-28(3)15-7-11-24-26-22-9-5-6-10-23(22)27-24/h5-6,9-10,19,21,29H,4,7-8,11-17H2,1-3H3,(H,26,27)/t19-,21+,25-/m0/s1. The highest BCUT2D eigenvalue weighted by molar-refractivity contribution is 5.74. The smallest absolute Gasteiger partial charge is 0.107 e. The normalized spacial score (nSPS) is 26.8. The summed E-state index contributed by atoms with van der Waals surface area (Å²) in [6.45, 7) is 6.57.